The number of anilines is 3. The van der Waals surface area contributed by atoms with Crippen LogP contribution in [0.4, 0.5) is 43.4 Å². The molecule has 0 radical (unpaired) electrons. The fraction of sp³-hybridized carbons (Fsp3) is 0.348. The van der Waals surface area contributed by atoms with Crippen molar-refractivity contribution in [2.75, 3.05) is 83.6 Å². The van der Waals surface area contributed by atoms with Crippen molar-refractivity contribution in [3.8, 4) is 45.6 Å². The second-order valence-corrected chi connectivity index (χ2v) is 24.8. The van der Waals surface area contributed by atoms with Crippen LogP contribution < -0.4 is 38.6 Å². The molecule has 0 spiro atoms. The Morgan fingerprint density at radius 1 is 0.500 bits per heavy atom. The van der Waals surface area contributed by atoms with E-state index < -0.39 is 59.8 Å². The lowest BCUT2D eigenvalue weighted by atomic mass is 9.79. The molecule has 3 aromatic heterocycles. The summed E-state index contributed by atoms with van der Waals surface area (Å²) in [5.41, 5.74) is 4.03. The Balaban J connectivity index is 0.000000175. The molecule has 1 aliphatic rings. The minimum atomic E-state index is -5.80. The zero-order chi connectivity index (χ0) is 67.1. The number of benzene rings is 6. The molecule has 490 valence electrons. The van der Waals surface area contributed by atoms with Crippen molar-refractivity contribution in [1.82, 2.24) is 15.0 Å². The van der Waals surface area contributed by atoms with Crippen LogP contribution in [-0.2, 0) is 19.4 Å². The molecule has 1 aliphatic heterocycles. The zero-order valence-electron chi connectivity index (χ0n) is 53.7. The Morgan fingerprint density at radius 2 is 0.837 bits per heavy atom. The van der Waals surface area contributed by atoms with E-state index in [9.17, 15) is 34.8 Å². The maximum Gasteiger partial charge on any atom is 0.534 e. The topological polar surface area (TPSA) is 158 Å². The highest BCUT2D eigenvalue weighted by atomic mass is 32.2. The van der Waals surface area contributed by atoms with Crippen LogP contribution in [0.3, 0.4) is 0 Å². The van der Waals surface area contributed by atoms with Crippen molar-refractivity contribution in [2.45, 2.75) is 89.4 Å². The Hall–Kier alpha value is -8.38. The lowest BCUT2D eigenvalue weighted by molar-refractivity contribution is -0.0501. The van der Waals surface area contributed by atoms with Gasteiger partial charge in [-0.3, -0.25) is 0 Å². The number of ether oxygens (including phenoxy) is 3. The molecule has 9 aromatic rings. The van der Waals surface area contributed by atoms with Crippen LogP contribution in [0.1, 0.15) is 54.4 Å². The molecular weight excluding hydrogens is 1210 g/mol. The minimum absolute atomic E-state index is 0.149. The number of alkyl halides is 6. The van der Waals surface area contributed by atoms with Crippen LogP contribution >= 0.6 is 0 Å². The maximum atomic E-state index is 12.9. The number of nitrogens with zero attached hydrogens (tertiary/aromatic N) is 6. The number of rotatable bonds is 20. The number of hydrogen-bond donors (Lipinski definition) is 1. The van der Waals surface area contributed by atoms with Gasteiger partial charge in [0, 0.05) is 111 Å². The summed E-state index contributed by atoms with van der Waals surface area (Å²) in [6.07, 6.45) is -0.847. The van der Waals surface area contributed by atoms with E-state index in [2.05, 4.69) is 100 Å². The average Bonchev–Trinajstić information content (AvgIpc) is 1.58. The van der Waals surface area contributed by atoms with E-state index in [1.807, 2.05) is 127 Å². The maximum absolute atomic E-state index is 12.9. The van der Waals surface area contributed by atoms with Crippen LogP contribution in [-0.4, -0.2) is 140 Å². The number of aliphatic hydroxyl groups is 1. The Bertz CT molecular complexity index is 3790. The summed E-state index contributed by atoms with van der Waals surface area (Å²) in [5.74, 6) is 0.686. The van der Waals surface area contributed by atoms with E-state index in [0.717, 1.165) is 67.2 Å². The fourth-order valence-corrected chi connectivity index (χ4v) is 9.34. The highest BCUT2D eigenvalue weighted by molar-refractivity contribution is 7.88. The quantitative estimate of drug-likeness (QED) is 0.0332. The summed E-state index contributed by atoms with van der Waals surface area (Å²) in [7, 11) is 6.03. The van der Waals surface area contributed by atoms with Crippen molar-refractivity contribution < 1.29 is 67.6 Å². The predicted molar refractivity (Wildman–Crippen MR) is 356 cm³/mol. The summed E-state index contributed by atoms with van der Waals surface area (Å²) in [4.78, 5) is 19.3. The van der Waals surface area contributed by atoms with Crippen LogP contribution in [0.15, 0.2) is 164 Å². The van der Waals surface area contributed by atoms with E-state index in [1.165, 1.54) is 17.8 Å². The van der Waals surface area contributed by atoms with Gasteiger partial charge in [0.2, 0.25) is 5.88 Å². The molecule has 23 heteroatoms. The van der Waals surface area contributed by atoms with Crippen LogP contribution in [0, 0.1) is 0 Å². The van der Waals surface area contributed by atoms with Crippen molar-refractivity contribution >= 4 is 72.5 Å². The molecule has 6 aromatic carbocycles. The molecule has 1 N–H and O–H groups in total. The average molecular weight is 1290 g/mol. The summed E-state index contributed by atoms with van der Waals surface area (Å²) in [6.45, 7) is 9.65. The lowest BCUT2D eigenvalue weighted by Crippen LogP contribution is -2.41. The van der Waals surface area contributed by atoms with Crippen molar-refractivity contribution in [3.63, 3.8) is 0 Å². The SMILES string of the molecule is CCC(CF)Oc1ccc2ccc(-c3ccc(N(C)C)cc3)nc2c1.CCC(CF)Oc1ccc2ccc(OS(=O)(=O)C(F)(F)F)nc2c1.CN(C)c1ccc(-c2ccc3ccc(OC(CO)CF)cc3n2)cc1.CN(C)c1ccc(B2OC(C)(C)C(C)(C)O2)cc1. The summed E-state index contributed by atoms with van der Waals surface area (Å²) in [6, 6.07) is 50.7. The van der Waals surface area contributed by atoms with Crippen molar-refractivity contribution in [1.29, 1.82) is 0 Å². The van der Waals surface area contributed by atoms with Gasteiger partial charge in [-0.25, -0.2) is 28.1 Å². The van der Waals surface area contributed by atoms with E-state index in [4.69, 9.17) is 33.6 Å². The van der Waals surface area contributed by atoms with Gasteiger partial charge in [0.25, 0.3) is 0 Å². The molecule has 10 rings (SSSR count). The number of halogens is 6. The predicted octanol–water partition coefficient (Wildman–Crippen LogP) is 14.4. The summed E-state index contributed by atoms with van der Waals surface area (Å²) < 4.78 is 130. The molecule has 4 heterocycles. The minimum Gasteiger partial charge on any atom is -0.488 e. The molecule has 0 saturated carbocycles. The largest absolute Gasteiger partial charge is 0.534 e. The van der Waals surface area contributed by atoms with E-state index in [1.54, 1.807) is 31.2 Å². The first kappa shape index (κ1) is 71.1. The van der Waals surface area contributed by atoms with Crippen molar-refractivity contribution in [2.24, 2.45) is 0 Å². The number of fused-ring (bicyclic) bond motifs is 3. The van der Waals surface area contributed by atoms with Gasteiger partial charge in [-0.05, 0) is 137 Å². The Kier molecular flexibility index (Phi) is 24.2. The third-order valence-electron chi connectivity index (χ3n) is 15.3. The third kappa shape index (κ3) is 18.7. The first-order chi connectivity index (χ1) is 43.6. The van der Waals surface area contributed by atoms with Gasteiger partial charge in [0.1, 0.15) is 55.6 Å². The second-order valence-electron chi connectivity index (χ2n) is 23.2. The van der Waals surface area contributed by atoms with Gasteiger partial charge >= 0.3 is 22.7 Å². The molecule has 3 atom stereocenters. The third-order valence-corrected chi connectivity index (χ3v) is 16.2. The molecule has 0 aliphatic carbocycles. The first-order valence-corrected chi connectivity index (χ1v) is 31.2. The van der Waals surface area contributed by atoms with Crippen LogP contribution in [0.5, 0.6) is 23.1 Å². The van der Waals surface area contributed by atoms with Gasteiger partial charge in [-0.2, -0.15) is 21.6 Å². The lowest BCUT2D eigenvalue weighted by Gasteiger charge is -2.32. The number of pyridine rings is 3. The smallest absolute Gasteiger partial charge is 0.488 e. The molecule has 1 fully saturated rings. The normalized spacial score (nSPS) is 14.3. The number of aromatic nitrogens is 3. The number of hydrogen-bond acceptors (Lipinski definition) is 15. The van der Waals surface area contributed by atoms with E-state index >= 15 is 0 Å². The highest BCUT2D eigenvalue weighted by Crippen LogP contribution is 2.37. The number of aliphatic hydroxyl groups excluding tert-OH is 1. The molecule has 92 heavy (non-hydrogen) atoms. The van der Waals surface area contributed by atoms with Gasteiger partial charge in [-0.15, -0.1) is 0 Å². The Morgan fingerprint density at radius 3 is 1.17 bits per heavy atom. The molecule has 0 bridgehead atoms. The molecule has 1 saturated heterocycles. The molecule has 15 nitrogen and oxygen atoms in total. The van der Waals surface area contributed by atoms with Crippen LogP contribution in [0.25, 0.3) is 55.2 Å². The van der Waals surface area contributed by atoms with Gasteiger partial charge in [0.05, 0.1) is 45.7 Å². The van der Waals surface area contributed by atoms with Gasteiger partial charge in [0.15, 0.2) is 0 Å². The standard InChI is InChI=1S/C21H23FN2O.C20H21FN2O2.C14H22BNO2.C14H13F4NO4S/c1-4-18(14-22)25-19-11-7-16-8-12-20(23-21(16)13-19)15-5-9-17(10-6-15)24(2)3;1-23(2)16-7-3-14(4-8-16)19-10-6-15-5-9-17(11-20(15)22-19)25-18(12-21)13-24;1-13(2)14(3,4)18-15(17-13)11-7-9-12(10-8-11)16(5)6;1-2-10(8-15)22-11-5-3-9-4-6-13(19-12(9)7-11)23-24(20,21)14(16,17)18/h5-13,18H,4,14H2,1-3H3;3-11,18,24H,12-13H2,1-2H3;7-10H,1-6H3;3-7,10H,2,8H2,1H3. The summed E-state index contributed by atoms with van der Waals surface area (Å²) >= 11 is 0. The Labute approximate surface area is 535 Å². The van der Waals surface area contributed by atoms with Crippen LogP contribution in [0.2, 0.25) is 0 Å². The first-order valence-electron chi connectivity index (χ1n) is 29.8. The van der Waals surface area contributed by atoms with Crippen molar-refractivity contribution in [3.05, 3.63) is 164 Å². The van der Waals surface area contributed by atoms with Gasteiger partial charge < -0.3 is 47.5 Å². The molecule has 0 amide bonds. The second kappa shape index (κ2) is 31.3. The van der Waals surface area contributed by atoms with E-state index in [0.29, 0.717) is 29.7 Å². The van der Waals surface area contributed by atoms with Gasteiger partial charge in [-0.1, -0.05) is 62.4 Å². The molecule has 3 unspecified atom stereocenters. The fourth-order valence-electron chi connectivity index (χ4n) is 8.93. The van der Waals surface area contributed by atoms with E-state index in [-0.39, 0.29) is 36.2 Å². The highest BCUT2D eigenvalue weighted by Gasteiger charge is 2.52. The monoisotopic (exact) mass is 1290 g/mol. The molecular formula is C69H79BF6N6O9S. The summed E-state index contributed by atoms with van der Waals surface area (Å²) in [5, 5.41) is 11.6. The zero-order valence-corrected chi connectivity index (χ0v) is 54.5.